The molecule has 2 aromatic rings. The van der Waals surface area contributed by atoms with Crippen molar-refractivity contribution < 1.29 is 9.53 Å². The van der Waals surface area contributed by atoms with Gasteiger partial charge >= 0.3 is 11.7 Å². The average Bonchev–Trinajstić information content (AvgIpc) is 3.10. The Balaban J connectivity index is 1.44. The average molecular weight is 443 g/mol. The van der Waals surface area contributed by atoms with Gasteiger partial charge in [0.1, 0.15) is 12.4 Å². The fourth-order valence-corrected chi connectivity index (χ4v) is 6.96. The number of fused-ring (bicyclic) bond motifs is 1. The third-order valence-electron chi connectivity index (χ3n) is 7.95. The number of aromatic amines is 1. The summed E-state index contributed by atoms with van der Waals surface area (Å²) in [4.78, 5) is 45.5. The molecule has 174 valence electrons. The van der Waals surface area contributed by atoms with Crippen molar-refractivity contribution in [3.05, 3.63) is 26.7 Å². The SMILES string of the molecule is CCCCn1c(=O)[nH]c(=O)c2c1nc(COC(=O)C13CC4CC(CC(C4)C1)C3)n2CCC. The first-order chi connectivity index (χ1) is 15.4. The summed E-state index contributed by atoms with van der Waals surface area (Å²) in [5, 5.41) is 0. The fourth-order valence-electron chi connectivity index (χ4n) is 6.96. The molecule has 1 N–H and O–H groups in total. The van der Waals surface area contributed by atoms with Gasteiger partial charge in [-0.25, -0.2) is 9.78 Å². The molecule has 0 aromatic carbocycles. The van der Waals surface area contributed by atoms with Gasteiger partial charge in [0.05, 0.1) is 5.41 Å². The third kappa shape index (κ3) is 3.52. The fraction of sp³-hybridized carbons (Fsp3) is 0.750. The van der Waals surface area contributed by atoms with Crippen LogP contribution in [0, 0.1) is 23.2 Å². The Kier molecular flexibility index (Phi) is 5.50. The first-order valence-corrected chi connectivity index (χ1v) is 12.3. The Labute approximate surface area is 187 Å². The van der Waals surface area contributed by atoms with Crippen LogP contribution < -0.4 is 11.2 Å². The Morgan fingerprint density at radius 2 is 1.69 bits per heavy atom. The highest BCUT2D eigenvalue weighted by Crippen LogP contribution is 2.60. The van der Waals surface area contributed by atoms with Crippen molar-refractivity contribution in [2.45, 2.75) is 91.3 Å². The van der Waals surface area contributed by atoms with Gasteiger partial charge in [0.15, 0.2) is 11.2 Å². The molecule has 0 radical (unpaired) electrons. The quantitative estimate of drug-likeness (QED) is 0.632. The molecular weight excluding hydrogens is 408 g/mol. The number of nitrogens with one attached hydrogen (secondary N) is 1. The lowest BCUT2D eigenvalue weighted by Gasteiger charge is -2.55. The van der Waals surface area contributed by atoms with Crippen molar-refractivity contribution >= 4 is 17.1 Å². The Morgan fingerprint density at radius 1 is 1.03 bits per heavy atom. The van der Waals surface area contributed by atoms with E-state index in [1.807, 2.05) is 11.5 Å². The first-order valence-electron chi connectivity index (χ1n) is 12.3. The van der Waals surface area contributed by atoms with E-state index < -0.39 is 11.2 Å². The van der Waals surface area contributed by atoms with Gasteiger partial charge in [0.25, 0.3) is 5.56 Å². The zero-order valence-corrected chi connectivity index (χ0v) is 19.2. The van der Waals surface area contributed by atoms with Crippen LogP contribution in [0.4, 0.5) is 0 Å². The summed E-state index contributed by atoms with van der Waals surface area (Å²) in [7, 11) is 0. The zero-order chi connectivity index (χ0) is 22.5. The van der Waals surface area contributed by atoms with Crippen LogP contribution in [0.3, 0.4) is 0 Å². The van der Waals surface area contributed by atoms with Crippen molar-refractivity contribution in [3.63, 3.8) is 0 Å². The number of imidazole rings is 1. The predicted octanol–water partition coefficient (Wildman–Crippen LogP) is 3.36. The van der Waals surface area contributed by atoms with Crippen LogP contribution in [0.25, 0.3) is 11.2 Å². The second-order valence-corrected chi connectivity index (χ2v) is 10.4. The summed E-state index contributed by atoms with van der Waals surface area (Å²) in [5.74, 6) is 2.46. The van der Waals surface area contributed by atoms with E-state index in [0.717, 1.165) is 38.5 Å². The highest BCUT2D eigenvalue weighted by molar-refractivity contribution is 5.77. The number of nitrogens with zero attached hydrogens (tertiary/aromatic N) is 3. The smallest absolute Gasteiger partial charge is 0.330 e. The summed E-state index contributed by atoms with van der Waals surface area (Å²) in [6, 6.07) is 0. The van der Waals surface area contributed by atoms with Gasteiger partial charge in [-0.05, 0) is 69.1 Å². The minimum absolute atomic E-state index is 0.0384. The van der Waals surface area contributed by atoms with Gasteiger partial charge in [-0.1, -0.05) is 20.3 Å². The largest absolute Gasteiger partial charge is 0.457 e. The maximum Gasteiger partial charge on any atom is 0.330 e. The predicted molar refractivity (Wildman–Crippen MR) is 120 cm³/mol. The van der Waals surface area contributed by atoms with Crippen LogP contribution in [-0.2, 0) is 29.2 Å². The molecule has 4 aliphatic rings. The van der Waals surface area contributed by atoms with Crippen LogP contribution >= 0.6 is 0 Å². The van der Waals surface area contributed by atoms with E-state index in [2.05, 4.69) is 16.9 Å². The lowest BCUT2D eigenvalue weighted by molar-refractivity contribution is -0.173. The molecule has 32 heavy (non-hydrogen) atoms. The standard InChI is InChI=1S/C24H34N4O4/c1-3-5-7-28-20-19(21(29)26-23(28)31)27(6-4-2)18(25-20)14-32-22(30)24-11-15-8-16(12-24)10-17(9-15)13-24/h15-17H,3-14H2,1-2H3,(H,26,29,31). The number of ether oxygens (including phenoxy) is 1. The molecule has 8 heteroatoms. The Bertz CT molecular complexity index is 1110. The number of hydrogen-bond donors (Lipinski definition) is 1. The van der Waals surface area contributed by atoms with Crippen molar-refractivity contribution in [2.24, 2.45) is 23.2 Å². The highest BCUT2D eigenvalue weighted by Gasteiger charge is 2.55. The van der Waals surface area contributed by atoms with Gasteiger partial charge in [0.2, 0.25) is 0 Å². The topological polar surface area (TPSA) is 99.0 Å². The van der Waals surface area contributed by atoms with Crippen molar-refractivity contribution in [3.8, 4) is 0 Å². The maximum absolute atomic E-state index is 13.3. The molecular formula is C24H34N4O4. The molecule has 2 aromatic heterocycles. The van der Waals surface area contributed by atoms with Crippen LogP contribution in [0.5, 0.6) is 0 Å². The minimum atomic E-state index is -0.436. The van der Waals surface area contributed by atoms with Crippen molar-refractivity contribution in [1.82, 2.24) is 19.1 Å². The molecule has 0 unspecified atom stereocenters. The zero-order valence-electron chi connectivity index (χ0n) is 19.2. The van der Waals surface area contributed by atoms with E-state index in [4.69, 9.17) is 4.74 Å². The summed E-state index contributed by atoms with van der Waals surface area (Å²) >= 11 is 0. The molecule has 4 saturated carbocycles. The molecule has 4 bridgehead atoms. The number of carbonyl (C=O) groups is 1. The van der Waals surface area contributed by atoms with Crippen LogP contribution in [0.2, 0.25) is 0 Å². The van der Waals surface area contributed by atoms with Crippen LogP contribution in [-0.4, -0.2) is 25.1 Å². The first kappa shape index (κ1) is 21.5. The van der Waals surface area contributed by atoms with E-state index >= 15 is 0 Å². The monoisotopic (exact) mass is 442 g/mol. The lowest BCUT2D eigenvalue weighted by atomic mass is 9.49. The van der Waals surface area contributed by atoms with Crippen molar-refractivity contribution in [1.29, 1.82) is 0 Å². The number of aryl methyl sites for hydroxylation is 2. The van der Waals surface area contributed by atoms with E-state index in [1.54, 1.807) is 0 Å². The number of esters is 1. The van der Waals surface area contributed by atoms with Gasteiger partial charge in [0, 0.05) is 13.1 Å². The number of carbonyl (C=O) groups excluding carboxylic acids is 1. The van der Waals surface area contributed by atoms with Gasteiger partial charge < -0.3 is 9.30 Å². The summed E-state index contributed by atoms with van der Waals surface area (Å²) in [6.07, 6.45) is 9.24. The van der Waals surface area contributed by atoms with Crippen molar-refractivity contribution in [2.75, 3.05) is 0 Å². The van der Waals surface area contributed by atoms with E-state index in [1.165, 1.54) is 23.8 Å². The Morgan fingerprint density at radius 3 is 2.28 bits per heavy atom. The van der Waals surface area contributed by atoms with Gasteiger partial charge in [-0.3, -0.25) is 19.1 Å². The molecule has 8 nitrogen and oxygen atoms in total. The third-order valence-corrected chi connectivity index (χ3v) is 7.95. The van der Waals surface area contributed by atoms with E-state index in [0.29, 0.717) is 47.8 Å². The minimum Gasteiger partial charge on any atom is -0.457 e. The Hall–Kier alpha value is -2.38. The molecule has 4 fully saturated rings. The van der Waals surface area contributed by atoms with Gasteiger partial charge in [-0.2, -0.15) is 0 Å². The normalized spacial score (nSPS) is 28.5. The molecule has 4 aliphatic carbocycles. The number of H-pyrrole nitrogens is 1. The molecule has 0 saturated heterocycles. The lowest BCUT2D eigenvalue weighted by Crippen LogP contribution is -2.50. The number of unbranched alkanes of at least 4 members (excludes halogenated alkanes) is 1. The maximum atomic E-state index is 13.3. The summed E-state index contributed by atoms with van der Waals surface area (Å²) in [5.41, 5.74) is -0.409. The van der Waals surface area contributed by atoms with Crippen LogP contribution in [0.15, 0.2) is 9.59 Å². The molecule has 2 heterocycles. The summed E-state index contributed by atoms with van der Waals surface area (Å²) in [6.45, 7) is 5.20. The number of rotatable bonds is 8. The van der Waals surface area contributed by atoms with E-state index in [-0.39, 0.29) is 18.0 Å². The number of aromatic nitrogens is 4. The van der Waals surface area contributed by atoms with Gasteiger partial charge in [-0.15, -0.1) is 0 Å². The summed E-state index contributed by atoms with van der Waals surface area (Å²) < 4.78 is 9.26. The second kappa shape index (κ2) is 8.19. The molecule has 0 aliphatic heterocycles. The molecule has 0 atom stereocenters. The van der Waals surface area contributed by atoms with E-state index in [9.17, 15) is 14.4 Å². The second-order valence-electron chi connectivity index (χ2n) is 10.4. The molecule has 0 spiro atoms. The number of hydrogen-bond acceptors (Lipinski definition) is 5. The van der Waals surface area contributed by atoms with Crippen LogP contribution in [0.1, 0.15) is 77.5 Å². The molecule has 6 rings (SSSR count). The molecule has 0 amide bonds. The highest BCUT2D eigenvalue weighted by atomic mass is 16.5.